The third kappa shape index (κ3) is 3.21. The van der Waals surface area contributed by atoms with E-state index in [-0.39, 0.29) is 5.69 Å². The fourth-order valence-corrected chi connectivity index (χ4v) is 2.89. The van der Waals surface area contributed by atoms with Crippen LogP contribution in [0.5, 0.6) is 0 Å². The molecule has 9 nitrogen and oxygen atoms in total. The van der Waals surface area contributed by atoms with Gasteiger partial charge in [0.1, 0.15) is 3.70 Å². The lowest BCUT2D eigenvalue weighted by Gasteiger charge is -1.99. The number of non-ortho nitro benzene ring substituents is 1. The van der Waals surface area contributed by atoms with Crippen LogP contribution in [0.25, 0.3) is 11.4 Å². The molecular formula is C13H12IN7O2. The van der Waals surface area contributed by atoms with E-state index in [1.807, 2.05) is 11.6 Å². The molecule has 0 amide bonds. The largest absolute Gasteiger partial charge is 0.269 e. The van der Waals surface area contributed by atoms with Crippen LogP contribution in [-0.4, -0.2) is 34.9 Å². The normalized spacial score (nSPS) is 10.9. The molecule has 118 valence electrons. The maximum absolute atomic E-state index is 10.6. The topological polar surface area (TPSA) is 105 Å². The zero-order valence-electron chi connectivity index (χ0n) is 12.1. The minimum Gasteiger partial charge on any atom is -0.259 e. The molecule has 2 heterocycles. The minimum absolute atomic E-state index is 0.0579. The lowest BCUT2D eigenvalue weighted by atomic mass is 10.2. The lowest BCUT2D eigenvalue weighted by molar-refractivity contribution is -0.384. The minimum atomic E-state index is -0.428. The molecule has 1 aromatic carbocycles. The van der Waals surface area contributed by atoms with E-state index in [1.165, 1.54) is 16.9 Å². The van der Waals surface area contributed by atoms with Crippen LogP contribution in [0.15, 0.2) is 30.5 Å². The highest BCUT2D eigenvalue weighted by atomic mass is 127. The Kier molecular flexibility index (Phi) is 4.32. The van der Waals surface area contributed by atoms with E-state index in [0.29, 0.717) is 12.4 Å². The molecule has 0 atom stereocenters. The van der Waals surface area contributed by atoms with Crippen molar-refractivity contribution in [3.05, 3.63) is 49.8 Å². The second-order valence-electron chi connectivity index (χ2n) is 4.73. The molecule has 0 unspecified atom stereocenters. The van der Waals surface area contributed by atoms with E-state index in [2.05, 4.69) is 43.1 Å². The standard InChI is InChI=1S/C13H12IN7O2/c1-2-19-12(14)11(7-15-19)13-16-18-20(17-13)8-9-3-5-10(6-4-9)21(22)23/h3-7H,2,8H2,1H3. The van der Waals surface area contributed by atoms with Crippen molar-refractivity contribution in [2.45, 2.75) is 20.0 Å². The number of benzene rings is 1. The van der Waals surface area contributed by atoms with Crippen molar-refractivity contribution >= 4 is 28.3 Å². The highest BCUT2D eigenvalue weighted by molar-refractivity contribution is 14.1. The fraction of sp³-hybridized carbons (Fsp3) is 0.231. The first-order valence-electron chi connectivity index (χ1n) is 6.81. The van der Waals surface area contributed by atoms with Gasteiger partial charge in [0.15, 0.2) is 0 Å². The van der Waals surface area contributed by atoms with Gasteiger partial charge in [0, 0.05) is 18.7 Å². The Morgan fingerprint density at radius 3 is 2.65 bits per heavy atom. The second kappa shape index (κ2) is 6.40. The van der Waals surface area contributed by atoms with Crippen molar-refractivity contribution in [1.29, 1.82) is 0 Å². The van der Waals surface area contributed by atoms with Gasteiger partial charge >= 0.3 is 0 Å². The molecular weight excluding hydrogens is 413 g/mol. The number of aromatic nitrogens is 6. The Hall–Kier alpha value is -2.37. The van der Waals surface area contributed by atoms with Crippen molar-refractivity contribution < 1.29 is 4.92 Å². The number of aryl methyl sites for hydroxylation is 1. The summed E-state index contributed by atoms with van der Waals surface area (Å²) in [7, 11) is 0. The molecule has 23 heavy (non-hydrogen) atoms. The van der Waals surface area contributed by atoms with E-state index < -0.39 is 4.92 Å². The second-order valence-corrected chi connectivity index (χ2v) is 5.75. The van der Waals surface area contributed by atoms with Crippen LogP contribution in [0.3, 0.4) is 0 Å². The van der Waals surface area contributed by atoms with Crippen LogP contribution in [0.1, 0.15) is 12.5 Å². The van der Waals surface area contributed by atoms with Gasteiger partial charge in [-0.1, -0.05) is 12.1 Å². The number of nitrogens with zero attached hydrogens (tertiary/aromatic N) is 7. The summed E-state index contributed by atoms with van der Waals surface area (Å²) in [5.74, 6) is 0.510. The zero-order valence-corrected chi connectivity index (χ0v) is 14.3. The maximum Gasteiger partial charge on any atom is 0.269 e. The van der Waals surface area contributed by atoms with E-state index in [4.69, 9.17) is 0 Å². The van der Waals surface area contributed by atoms with Crippen LogP contribution >= 0.6 is 22.6 Å². The van der Waals surface area contributed by atoms with Gasteiger partial charge in [-0.25, -0.2) is 0 Å². The first-order valence-corrected chi connectivity index (χ1v) is 7.89. The first-order chi connectivity index (χ1) is 11.1. The Bertz CT molecular complexity index is 840. The Morgan fingerprint density at radius 2 is 2.04 bits per heavy atom. The zero-order chi connectivity index (χ0) is 16.4. The number of tetrazole rings is 1. The van der Waals surface area contributed by atoms with Gasteiger partial charge in [0.2, 0.25) is 5.82 Å². The van der Waals surface area contributed by atoms with Gasteiger partial charge in [-0.2, -0.15) is 9.90 Å². The maximum atomic E-state index is 10.6. The monoisotopic (exact) mass is 425 g/mol. The molecule has 0 aliphatic heterocycles. The van der Waals surface area contributed by atoms with Crippen molar-refractivity contribution in [1.82, 2.24) is 30.0 Å². The molecule has 2 aromatic heterocycles. The van der Waals surface area contributed by atoms with Gasteiger partial charge in [-0.3, -0.25) is 14.8 Å². The first kappa shape index (κ1) is 15.5. The molecule has 0 N–H and O–H groups in total. The number of hydrogen-bond donors (Lipinski definition) is 0. The highest BCUT2D eigenvalue weighted by Gasteiger charge is 2.14. The molecule has 0 spiro atoms. The number of nitro groups is 1. The van der Waals surface area contributed by atoms with Gasteiger partial charge in [-0.15, -0.1) is 10.2 Å². The van der Waals surface area contributed by atoms with Crippen molar-refractivity contribution in [2.75, 3.05) is 0 Å². The Labute approximate surface area is 144 Å². The van der Waals surface area contributed by atoms with E-state index in [9.17, 15) is 10.1 Å². The average molecular weight is 425 g/mol. The molecule has 0 bridgehead atoms. The van der Waals surface area contributed by atoms with Gasteiger partial charge in [-0.05, 0) is 40.3 Å². The predicted octanol–water partition coefficient (Wildman–Crippen LogP) is 2.12. The van der Waals surface area contributed by atoms with E-state index in [0.717, 1.165) is 21.4 Å². The predicted molar refractivity (Wildman–Crippen MR) is 89.6 cm³/mol. The summed E-state index contributed by atoms with van der Waals surface area (Å²) in [6.45, 7) is 3.18. The van der Waals surface area contributed by atoms with Crippen molar-refractivity contribution in [3.63, 3.8) is 0 Å². The summed E-state index contributed by atoms with van der Waals surface area (Å²) in [6.07, 6.45) is 1.72. The lowest BCUT2D eigenvalue weighted by Crippen LogP contribution is -2.04. The van der Waals surface area contributed by atoms with Crippen LogP contribution < -0.4 is 0 Å². The van der Waals surface area contributed by atoms with Crippen LogP contribution in [-0.2, 0) is 13.1 Å². The van der Waals surface area contributed by atoms with Gasteiger partial charge in [0.25, 0.3) is 5.69 Å². The molecule has 0 saturated carbocycles. The summed E-state index contributed by atoms with van der Waals surface area (Å²) in [4.78, 5) is 11.7. The fourth-order valence-electron chi connectivity index (χ4n) is 2.05. The molecule has 10 heteroatoms. The van der Waals surface area contributed by atoms with Gasteiger partial charge in [0.05, 0.1) is 23.2 Å². The van der Waals surface area contributed by atoms with Crippen LogP contribution in [0.4, 0.5) is 5.69 Å². The van der Waals surface area contributed by atoms with Crippen LogP contribution in [0.2, 0.25) is 0 Å². The third-order valence-electron chi connectivity index (χ3n) is 3.24. The Morgan fingerprint density at radius 1 is 1.30 bits per heavy atom. The van der Waals surface area contributed by atoms with Crippen molar-refractivity contribution in [3.8, 4) is 11.4 Å². The summed E-state index contributed by atoms with van der Waals surface area (Å²) < 4.78 is 2.81. The van der Waals surface area contributed by atoms with Crippen molar-refractivity contribution in [2.24, 2.45) is 0 Å². The highest BCUT2D eigenvalue weighted by Crippen LogP contribution is 2.21. The van der Waals surface area contributed by atoms with Gasteiger partial charge < -0.3 is 0 Å². The quantitative estimate of drug-likeness (QED) is 0.352. The Balaban J connectivity index is 1.79. The average Bonchev–Trinajstić information content (AvgIpc) is 3.14. The molecule has 0 aliphatic rings. The molecule has 0 aliphatic carbocycles. The number of nitro benzene ring substituents is 1. The smallest absolute Gasteiger partial charge is 0.259 e. The SMILES string of the molecule is CCn1ncc(-c2nnn(Cc3ccc([N+](=O)[O-])cc3)n2)c1I. The summed E-state index contributed by atoms with van der Waals surface area (Å²) in [6, 6.07) is 6.28. The summed E-state index contributed by atoms with van der Waals surface area (Å²) in [5, 5.41) is 27.3. The number of halogens is 1. The molecule has 3 aromatic rings. The molecule has 0 fully saturated rings. The van der Waals surface area contributed by atoms with E-state index in [1.54, 1.807) is 18.3 Å². The molecule has 0 radical (unpaired) electrons. The van der Waals surface area contributed by atoms with Crippen LogP contribution in [0, 0.1) is 13.8 Å². The molecule has 3 rings (SSSR count). The third-order valence-corrected chi connectivity index (χ3v) is 4.38. The molecule has 0 saturated heterocycles. The number of hydrogen-bond acceptors (Lipinski definition) is 6. The number of rotatable bonds is 5. The van der Waals surface area contributed by atoms with E-state index >= 15 is 0 Å². The summed E-state index contributed by atoms with van der Waals surface area (Å²) in [5.41, 5.74) is 1.75. The summed E-state index contributed by atoms with van der Waals surface area (Å²) >= 11 is 2.20.